The van der Waals surface area contributed by atoms with E-state index in [-0.39, 0.29) is 0 Å². The third kappa shape index (κ3) is 4.13. The van der Waals surface area contributed by atoms with Gasteiger partial charge in [0.2, 0.25) is 0 Å². The van der Waals surface area contributed by atoms with Gasteiger partial charge in [-0.1, -0.05) is 37.7 Å². The molecule has 0 bridgehead atoms. The Kier molecular flexibility index (Phi) is 4.73. The van der Waals surface area contributed by atoms with Crippen molar-refractivity contribution in [3.8, 4) is 0 Å². The highest BCUT2D eigenvalue weighted by Gasteiger charge is 2.00. The van der Waals surface area contributed by atoms with Crippen molar-refractivity contribution in [2.75, 3.05) is 0 Å². The maximum atomic E-state index is 4.43. The molecule has 18 heavy (non-hydrogen) atoms. The largest absolute Gasteiger partial charge is 0.310 e. The van der Waals surface area contributed by atoms with Crippen LogP contribution in [0.15, 0.2) is 52.8 Å². The SMILES string of the molecule is CC(C)NCc1ccc(Sc2ccccn2)nc1. The van der Waals surface area contributed by atoms with Crippen LogP contribution < -0.4 is 5.32 Å². The Morgan fingerprint density at radius 1 is 1.11 bits per heavy atom. The lowest BCUT2D eigenvalue weighted by Gasteiger charge is -2.08. The van der Waals surface area contributed by atoms with E-state index in [0.29, 0.717) is 6.04 Å². The molecule has 2 heterocycles. The van der Waals surface area contributed by atoms with Gasteiger partial charge >= 0.3 is 0 Å². The van der Waals surface area contributed by atoms with E-state index in [1.54, 1.807) is 18.0 Å². The molecular formula is C14H17N3S. The highest BCUT2D eigenvalue weighted by Crippen LogP contribution is 2.23. The van der Waals surface area contributed by atoms with Crippen LogP contribution in [0.5, 0.6) is 0 Å². The molecule has 2 rings (SSSR count). The van der Waals surface area contributed by atoms with Crippen LogP contribution in [-0.2, 0) is 6.54 Å². The van der Waals surface area contributed by atoms with Crippen LogP contribution in [0.4, 0.5) is 0 Å². The molecule has 4 heteroatoms. The Balaban J connectivity index is 1.95. The van der Waals surface area contributed by atoms with E-state index in [9.17, 15) is 0 Å². The van der Waals surface area contributed by atoms with Crippen LogP contribution >= 0.6 is 11.8 Å². The first-order valence-electron chi connectivity index (χ1n) is 6.01. The second kappa shape index (κ2) is 6.52. The molecule has 2 aromatic rings. The Morgan fingerprint density at radius 3 is 2.56 bits per heavy atom. The second-order valence-electron chi connectivity index (χ2n) is 4.31. The number of hydrogen-bond donors (Lipinski definition) is 1. The Hall–Kier alpha value is -1.39. The number of aromatic nitrogens is 2. The van der Waals surface area contributed by atoms with Crippen molar-refractivity contribution >= 4 is 11.8 Å². The van der Waals surface area contributed by atoms with Gasteiger partial charge in [0.25, 0.3) is 0 Å². The highest BCUT2D eigenvalue weighted by atomic mass is 32.2. The van der Waals surface area contributed by atoms with Gasteiger partial charge in [-0.3, -0.25) is 0 Å². The van der Waals surface area contributed by atoms with Crippen LogP contribution in [0.3, 0.4) is 0 Å². The summed E-state index contributed by atoms with van der Waals surface area (Å²) in [6.45, 7) is 5.14. The summed E-state index contributed by atoms with van der Waals surface area (Å²) in [6, 6.07) is 10.5. The van der Waals surface area contributed by atoms with Gasteiger partial charge in [-0.2, -0.15) is 0 Å². The average Bonchev–Trinajstić information content (AvgIpc) is 2.39. The molecule has 0 saturated heterocycles. The summed E-state index contributed by atoms with van der Waals surface area (Å²) in [5, 5.41) is 5.32. The Bertz CT molecular complexity index is 468. The van der Waals surface area contributed by atoms with Crippen molar-refractivity contribution in [2.45, 2.75) is 36.5 Å². The normalized spacial score (nSPS) is 10.8. The molecule has 3 nitrogen and oxygen atoms in total. The van der Waals surface area contributed by atoms with Crippen molar-refractivity contribution in [3.05, 3.63) is 48.3 Å². The van der Waals surface area contributed by atoms with E-state index in [0.717, 1.165) is 16.6 Å². The van der Waals surface area contributed by atoms with Crippen molar-refractivity contribution in [2.24, 2.45) is 0 Å². The molecule has 0 aromatic carbocycles. The van der Waals surface area contributed by atoms with Crippen molar-refractivity contribution < 1.29 is 0 Å². The number of nitrogens with one attached hydrogen (secondary N) is 1. The van der Waals surface area contributed by atoms with Gasteiger partial charge in [0.1, 0.15) is 10.1 Å². The standard InChI is InChI=1S/C14H17N3S/c1-11(2)16-9-12-6-7-14(17-10-12)18-13-5-3-4-8-15-13/h3-8,10-11,16H,9H2,1-2H3. The Labute approximate surface area is 112 Å². The molecule has 0 spiro atoms. The van der Waals surface area contributed by atoms with Gasteiger partial charge in [0, 0.05) is 25.0 Å². The first kappa shape index (κ1) is 13.1. The fraction of sp³-hybridized carbons (Fsp3) is 0.286. The number of hydrogen-bond acceptors (Lipinski definition) is 4. The Morgan fingerprint density at radius 2 is 1.94 bits per heavy atom. The van der Waals surface area contributed by atoms with Gasteiger partial charge < -0.3 is 5.32 Å². The molecule has 0 unspecified atom stereocenters. The summed E-state index contributed by atoms with van der Waals surface area (Å²) in [5.41, 5.74) is 1.20. The third-order valence-corrected chi connectivity index (χ3v) is 3.26. The highest BCUT2D eigenvalue weighted by molar-refractivity contribution is 7.99. The lowest BCUT2D eigenvalue weighted by Crippen LogP contribution is -2.21. The zero-order chi connectivity index (χ0) is 12.8. The van der Waals surface area contributed by atoms with Crippen LogP contribution in [0.1, 0.15) is 19.4 Å². The summed E-state index contributed by atoms with van der Waals surface area (Å²) < 4.78 is 0. The predicted molar refractivity (Wildman–Crippen MR) is 74.6 cm³/mol. The zero-order valence-electron chi connectivity index (χ0n) is 10.6. The predicted octanol–water partition coefficient (Wildman–Crippen LogP) is 3.13. The summed E-state index contributed by atoms with van der Waals surface area (Å²) in [4.78, 5) is 8.70. The summed E-state index contributed by atoms with van der Waals surface area (Å²) in [7, 11) is 0. The molecule has 0 atom stereocenters. The first-order chi connectivity index (χ1) is 8.74. The van der Waals surface area contributed by atoms with Gasteiger partial charge in [-0.05, 0) is 23.8 Å². The van der Waals surface area contributed by atoms with E-state index in [1.165, 1.54) is 5.56 Å². The zero-order valence-corrected chi connectivity index (χ0v) is 11.4. The van der Waals surface area contributed by atoms with Crippen LogP contribution in [0, 0.1) is 0 Å². The molecule has 0 aliphatic heterocycles. The molecule has 0 amide bonds. The molecule has 1 N–H and O–H groups in total. The molecule has 0 aliphatic carbocycles. The van der Waals surface area contributed by atoms with E-state index in [2.05, 4.69) is 35.2 Å². The minimum atomic E-state index is 0.493. The lowest BCUT2D eigenvalue weighted by atomic mass is 10.2. The molecule has 94 valence electrons. The van der Waals surface area contributed by atoms with Gasteiger partial charge in [-0.25, -0.2) is 9.97 Å². The topological polar surface area (TPSA) is 37.8 Å². The average molecular weight is 259 g/mol. The van der Waals surface area contributed by atoms with E-state index < -0.39 is 0 Å². The maximum Gasteiger partial charge on any atom is 0.102 e. The third-order valence-electron chi connectivity index (χ3n) is 2.36. The van der Waals surface area contributed by atoms with E-state index in [4.69, 9.17) is 0 Å². The maximum absolute atomic E-state index is 4.43. The second-order valence-corrected chi connectivity index (χ2v) is 5.35. The monoisotopic (exact) mass is 259 g/mol. The lowest BCUT2D eigenvalue weighted by molar-refractivity contribution is 0.587. The van der Waals surface area contributed by atoms with E-state index >= 15 is 0 Å². The van der Waals surface area contributed by atoms with Crippen LogP contribution in [-0.4, -0.2) is 16.0 Å². The summed E-state index contributed by atoms with van der Waals surface area (Å²) >= 11 is 1.58. The fourth-order valence-corrected chi connectivity index (χ4v) is 2.13. The first-order valence-corrected chi connectivity index (χ1v) is 6.83. The van der Waals surface area contributed by atoms with Gasteiger partial charge in [0.15, 0.2) is 0 Å². The quantitative estimate of drug-likeness (QED) is 0.895. The fourth-order valence-electron chi connectivity index (χ4n) is 1.41. The smallest absolute Gasteiger partial charge is 0.102 e. The molecule has 0 radical (unpaired) electrons. The van der Waals surface area contributed by atoms with E-state index in [1.807, 2.05) is 30.5 Å². The molecule has 0 fully saturated rings. The molecule has 0 aliphatic rings. The van der Waals surface area contributed by atoms with Crippen LogP contribution in [0.2, 0.25) is 0 Å². The minimum absolute atomic E-state index is 0.493. The number of pyridine rings is 2. The summed E-state index contributed by atoms with van der Waals surface area (Å²) in [5.74, 6) is 0. The van der Waals surface area contributed by atoms with Crippen molar-refractivity contribution in [3.63, 3.8) is 0 Å². The molecule has 0 saturated carbocycles. The number of nitrogens with zero attached hydrogens (tertiary/aromatic N) is 2. The van der Waals surface area contributed by atoms with Crippen molar-refractivity contribution in [1.29, 1.82) is 0 Å². The summed E-state index contributed by atoms with van der Waals surface area (Å²) in [6.07, 6.45) is 3.71. The van der Waals surface area contributed by atoms with Crippen molar-refractivity contribution in [1.82, 2.24) is 15.3 Å². The van der Waals surface area contributed by atoms with Gasteiger partial charge in [0.05, 0.1) is 0 Å². The molecular weight excluding hydrogens is 242 g/mol. The minimum Gasteiger partial charge on any atom is -0.310 e. The van der Waals surface area contributed by atoms with Crippen LogP contribution in [0.25, 0.3) is 0 Å². The molecule has 2 aromatic heterocycles. The number of rotatable bonds is 5. The van der Waals surface area contributed by atoms with Gasteiger partial charge in [-0.15, -0.1) is 0 Å².